The van der Waals surface area contributed by atoms with Crippen molar-refractivity contribution in [1.82, 2.24) is 4.98 Å². The van der Waals surface area contributed by atoms with E-state index in [0.29, 0.717) is 20.9 Å². The molecule has 1 atom stereocenters. The third-order valence-corrected chi connectivity index (χ3v) is 6.66. The molecule has 1 fully saturated rings. The zero-order chi connectivity index (χ0) is 17.6. The number of rotatable bonds is 3. The quantitative estimate of drug-likeness (QED) is 0.580. The molecule has 2 heterocycles. The molecule has 1 amide bonds. The maximum atomic E-state index is 12.5. The summed E-state index contributed by atoms with van der Waals surface area (Å²) in [6.45, 7) is 0. The Hall–Kier alpha value is -1.47. The highest BCUT2D eigenvalue weighted by Gasteiger charge is 2.37. The van der Waals surface area contributed by atoms with Crippen LogP contribution in [-0.2, 0) is 4.79 Å². The van der Waals surface area contributed by atoms with E-state index < -0.39 is 0 Å². The fourth-order valence-corrected chi connectivity index (χ4v) is 5.56. The van der Waals surface area contributed by atoms with Gasteiger partial charge < -0.3 is 4.74 Å². The van der Waals surface area contributed by atoms with Gasteiger partial charge in [-0.15, -0.1) is 11.8 Å². The van der Waals surface area contributed by atoms with E-state index in [9.17, 15) is 4.79 Å². The molecule has 0 N–H and O–H groups in total. The smallest absolute Gasteiger partial charge is 0.240 e. The van der Waals surface area contributed by atoms with Crippen LogP contribution in [0.25, 0.3) is 10.2 Å². The van der Waals surface area contributed by atoms with Gasteiger partial charge in [0.1, 0.15) is 11.1 Å². The lowest BCUT2D eigenvalue weighted by molar-refractivity contribution is -0.115. The molecule has 1 unspecified atom stereocenters. The van der Waals surface area contributed by atoms with E-state index in [1.165, 1.54) is 23.1 Å². The van der Waals surface area contributed by atoms with E-state index in [0.717, 1.165) is 21.5 Å². The van der Waals surface area contributed by atoms with Gasteiger partial charge in [-0.3, -0.25) is 9.69 Å². The molecule has 0 bridgehead atoms. The lowest BCUT2D eigenvalue weighted by Gasteiger charge is -2.22. The Bertz CT molecular complexity index is 976. The normalized spacial score (nSPS) is 17.5. The fraction of sp³-hybridized carbons (Fsp3) is 0.176. The van der Waals surface area contributed by atoms with Gasteiger partial charge in [0.25, 0.3) is 0 Å². The van der Waals surface area contributed by atoms with Crippen LogP contribution in [0.1, 0.15) is 10.9 Å². The van der Waals surface area contributed by atoms with Crippen LogP contribution in [0.4, 0.5) is 5.13 Å². The molecule has 2 aromatic carbocycles. The van der Waals surface area contributed by atoms with E-state index in [-0.39, 0.29) is 11.3 Å². The van der Waals surface area contributed by atoms with Crippen LogP contribution in [-0.4, -0.2) is 23.8 Å². The van der Waals surface area contributed by atoms with Crippen LogP contribution in [0.2, 0.25) is 10.0 Å². The Morgan fingerprint density at radius 2 is 2.08 bits per heavy atom. The molecule has 3 aromatic rings. The first-order valence-electron chi connectivity index (χ1n) is 7.40. The Kier molecular flexibility index (Phi) is 4.54. The SMILES string of the molecule is COc1ccc2nc(N3C(=O)CSC3c3ccc(Cl)cc3Cl)sc2c1. The third-order valence-electron chi connectivity index (χ3n) is 3.89. The van der Waals surface area contributed by atoms with Gasteiger partial charge in [0.2, 0.25) is 5.91 Å². The molecule has 1 aromatic heterocycles. The first-order valence-corrected chi connectivity index (χ1v) is 10.0. The van der Waals surface area contributed by atoms with Crippen LogP contribution >= 0.6 is 46.3 Å². The summed E-state index contributed by atoms with van der Waals surface area (Å²) in [7, 11) is 1.63. The number of nitrogens with zero attached hydrogens (tertiary/aromatic N) is 2. The van der Waals surface area contributed by atoms with Gasteiger partial charge >= 0.3 is 0 Å². The number of aromatic nitrogens is 1. The summed E-state index contributed by atoms with van der Waals surface area (Å²) >= 11 is 15.4. The summed E-state index contributed by atoms with van der Waals surface area (Å²) in [4.78, 5) is 18.9. The molecule has 0 radical (unpaired) electrons. The zero-order valence-corrected chi connectivity index (χ0v) is 16.2. The predicted molar refractivity (Wildman–Crippen MR) is 105 cm³/mol. The first-order chi connectivity index (χ1) is 12.1. The number of thioether (sulfide) groups is 1. The highest BCUT2D eigenvalue weighted by molar-refractivity contribution is 8.00. The number of hydrogen-bond acceptors (Lipinski definition) is 5. The fourth-order valence-electron chi connectivity index (χ4n) is 2.69. The number of hydrogen-bond donors (Lipinski definition) is 0. The second-order valence-corrected chi connectivity index (χ2v) is 8.34. The van der Waals surface area contributed by atoms with Crippen molar-refractivity contribution in [3.63, 3.8) is 0 Å². The number of methoxy groups -OCH3 is 1. The molecule has 25 heavy (non-hydrogen) atoms. The second-order valence-electron chi connectivity index (χ2n) is 5.42. The van der Waals surface area contributed by atoms with Gasteiger partial charge in [-0.2, -0.15) is 0 Å². The van der Waals surface area contributed by atoms with Crippen LogP contribution in [0.5, 0.6) is 5.75 Å². The molecule has 8 heteroatoms. The van der Waals surface area contributed by atoms with Crippen molar-refractivity contribution in [3.8, 4) is 5.75 Å². The minimum Gasteiger partial charge on any atom is -0.497 e. The summed E-state index contributed by atoms with van der Waals surface area (Å²) in [5, 5.41) is 1.57. The number of fused-ring (bicyclic) bond motifs is 1. The number of benzene rings is 2. The lowest BCUT2D eigenvalue weighted by atomic mass is 10.2. The molecule has 0 aliphatic carbocycles. The largest absolute Gasteiger partial charge is 0.497 e. The average molecular weight is 411 g/mol. The van der Waals surface area contributed by atoms with Crippen LogP contribution in [0.15, 0.2) is 36.4 Å². The summed E-state index contributed by atoms with van der Waals surface area (Å²) in [5.74, 6) is 1.18. The van der Waals surface area contributed by atoms with Crippen LogP contribution < -0.4 is 9.64 Å². The van der Waals surface area contributed by atoms with E-state index in [1.807, 2.05) is 24.3 Å². The number of ether oxygens (including phenoxy) is 1. The Balaban J connectivity index is 1.77. The van der Waals surface area contributed by atoms with E-state index in [1.54, 1.807) is 24.1 Å². The Morgan fingerprint density at radius 1 is 1.24 bits per heavy atom. The molecule has 128 valence electrons. The van der Waals surface area contributed by atoms with E-state index in [2.05, 4.69) is 4.98 Å². The highest BCUT2D eigenvalue weighted by atomic mass is 35.5. The molecule has 1 aliphatic heterocycles. The molecule has 0 spiro atoms. The Labute approximate surface area is 162 Å². The van der Waals surface area contributed by atoms with E-state index in [4.69, 9.17) is 27.9 Å². The van der Waals surface area contributed by atoms with Gasteiger partial charge in [0.05, 0.1) is 23.1 Å². The van der Waals surface area contributed by atoms with Crippen molar-refractivity contribution in [3.05, 3.63) is 52.0 Å². The third kappa shape index (κ3) is 3.08. The molecular weight excluding hydrogens is 399 g/mol. The van der Waals surface area contributed by atoms with Gasteiger partial charge in [-0.1, -0.05) is 40.6 Å². The summed E-state index contributed by atoms with van der Waals surface area (Å²) < 4.78 is 6.23. The maximum Gasteiger partial charge on any atom is 0.240 e. The van der Waals surface area contributed by atoms with Crippen molar-refractivity contribution in [2.45, 2.75) is 5.37 Å². The molecule has 0 saturated carbocycles. The van der Waals surface area contributed by atoms with Gasteiger partial charge in [0.15, 0.2) is 5.13 Å². The maximum absolute atomic E-state index is 12.5. The van der Waals surface area contributed by atoms with Crippen molar-refractivity contribution in [2.24, 2.45) is 0 Å². The summed E-state index contributed by atoms with van der Waals surface area (Å²) in [6, 6.07) is 11.0. The average Bonchev–Trinajstić information content (AvgIpc) is 3.17. The van der Waals surface area contributed by atoms with Gasteiger partial charge in [-0.25, -0.2) is 4.98 Å². The summed E-state index contributed by atoms with van der Waals surface area (Å²) in [5.41, 5.74) is 1.70. The van der Waals surface area contributed by atoms with Crippen molar-refractivity contribution in [1.29, 1.82) is 0 Å². The van der Waals surface area contributed by atoms with Gasteiger partial charge in [-0.05, 0) is 30.3 Å². The highest BCUT2D eigenvalue weighted by Crippen LogP contribution is 2.46. The Morgan fingerprint density at radius 3 is 2.84 bits per heavy atom. The standard InChI is InChI=1S/C17H12Cl2N2O2S2/c1-23-10-3-5-13-14(7-10)25-17(20-13)21-15(22)8-24-16(21)11-4-2-9(18)6-12(11)19/h2-7,16H,8H2,1H3. The minimum atomic E-state index is -0.209. The van der Waals surface area contributed by atoms with Gasteiger partial charge in [0, 0.05) is 15.6 Å². The molecular formula is C17H12Cl2N2O2S2. The number of carbonyl (C=O) groups excluding carboxylic acids is 1. The zero-order valence-electron chi connectivity index (χ0n) is 13.0. The van der Waals surface area contributed by atoms with Crippen molar-refractivity contribution >= 4 is 67.6 Å². The van der Waals surface area contributed by atoms with Crippen LogP contribution in [0.3, 0.4) is 0 Å². The molecule has 1 saturated heterocycles. The predicted octanol–water partition coefficient (Wildman–Crippen LogP) is 5.39. The van der Waals surface area contributed by atoms with Crippen molar-refractivity contribution in [2.75, 3.05) is 17.8 Å². The van der Waals surface area contributed by atoms with Crippen LogP contribution in [0, 0.1) is 0 Å². The van der Waals surface area contributed by atoms with E-state index >= 15 is 0 Å². The first kappa shape index (κ1) is 17.0. The molecule has 1 aliphatic rings. The topological polar surface area (TPSA) is 42.4 Å². The number of anilines is 1. The van der Waals surface area contributed by atoms with Crippen molar-refractivity contribution < 1.29 is 9.53 Å². The summed E-state index contributed by atoms with van der Waals surface area (Å²) in [6.07, 6.45) is 0. The second kappa shape index (κ2) is 6.68. The molecule has 4 rings (SSSR count). The monoisotopic (exact) mass is 410 g/mol. The number of carbonyl (C=O) groups is 1. The number of halogens is 2. The molecule has 4 nitrogen and oxygen atoms in total. The number of amides is 1. The minimum absolute atomic E-state index is 0.0204. The number of thiazole rings is 1. The lowest BCUT2D eigenvalue weighted by Crippen LogP contribution is -2.27.